The number of rotatable bonds is 4. The third-order valence-electron chi connectivity index (χ3n) is 3.52. The summed E-state index contributed by atoms with van der Waals surface area (Å²) in [6.45, 7) is 5.67. The van der Waals surface area contributed by atoms with Gasteiger partial charge in [0.15, 0.2) is 6.73 Å². The Labute approximate surface area is 133 Å². The van der Waals surface area contributed by atoms with Gasteiger partial charge in [-0.1, -0.05) is 18.2 Å². The predicted octanol–water partition coefficient (Wildman–Crippen LogP) is 4.05. The van der Waals surface area contributed by atoms with Crippen LogP contribution in [-0.2, 0) is 0 Å². The average Bonchev–Trinajstić information content (AvgIpc) is 2.50. The molecule has 0 atom stereocenters. The fourth-order valence-corrected chi connectivity index (χ4v) is 2.10. The minimum Gasteiger partial charge on any atom is -0.473 e. The van der Waals surface area contributed by atoms with Crippen LogP contribution in [0.1, 0.15) is 16.7 Å². The van der Waals surface area contributed by atoms with Gasteiger partial charge >= 0.3 is 6.03 Å². The van der Waals surface area contributed by atoms with Crippen molar-refractivity contribution >= 4 is 11.7 Å². The summed E-state index contributed by atoms with van der Waals surface area (Å²) in [6, 6.07) is 6.51. The van der Waals surface area contributed by atoms with E-state index in [1.807, 2.05) is 32.9 Å². The minimum absolute atomic E-state index is 0.118. The molecule has 2 N–H and O–H groups in total. The number of nitrogens with one attached hydrogen (secondary N) is 2. The topological polar surface area (TPSA) is 50.4 Å². The highest BCUT2D eigenvalue weighted by Crippen LogP contribution is 2.25. The lowest BCUT2D eigenvalue weighted by molar-refractivity contribution is 0.233. The molecule has 2 rings (SSSR count). The van der Waals surface area contributed by atoms with Gasteiger partial charge in [0.2, 0.25) is 0 Å². The van der Waals surface area contributed by atoms with Crippen LogP contribution in [0.2, 0.25) is 0 Å². The Balaban J connectivity index is 1.95. The van der Waals surface area contributed by atoms with Crippen LogP contribution in [0, 0.1) is 32.4 Å². The van der Waals surface area contributed by atoms with Gasteiger partial charge in [-0.25, -0.2) is 13.6 Å². The number of carbonyl (C=O) groups excluding carboxylic acids is 1. The molecule has 0 saturated carbocycles. The highest BCUT2D eigenvalue weighted by Gasteiger charge is 2.12. The summed E-state index contributed by atoms with van der Waals surface area (Å²) < 4.78 is 32.4. The number of benzene rings is 2. The van der Waals surface area contributed by atoms with Gasteiger partial charge in [0.25, 0.3) is 0 Å². The van der Waals surface area contributed by atoms with Crippen LogP contribution in [0.15, 0.2) is 30.3 Å². The molecule has 2 amide bonds. The third kappa shape index (κ3) is 3.97. The summed E-state index contributed by atoms with van der Waals surface area (Å²) in [4.78, 5) is 11.7. The lowest BCUT2D eigenvalue weighted by atomic mass is 10.1. The predicted molar refractivity (Wildman–Crippen MR) is 84.7 cm³/mol. The van der Waals surface area contributed by atoms with E-state index in [2.05, 4.69) is 10.6 Å². The molecule has 0 aliphatic rings. The van der Waals surface area contributed by atoms with Gasteiger partial charge in [-0.15, -0.1) is 0 Å². The van der Waals surface area contributed by atoms with Crippen molar-refractivity contribution in [1.29, 1.82) is 0 Å². The molecule has 2 aromatic carbocycles. The molecule has 0 heterocycles. The van der Waals surface area contributed by atoms with Gasteiger partial charge in [-0.2, -0.15) is 0 Å². The second-order valence-electron chi connectivity index (χ2n) is 5.17. The SMILES string of the molecule is Cc1ccc(C)c(OCNC(=O)Nc2c(F)cccc2F)c1C. The van der Waals surface area contributed by atoms with E-state index in [9.17, 15) is 13.6 Å². The number of hydrogen-bond acceptors (Lipinski definition) is 2. The van der Waals surface area contributed by atoms with Gasteiger partial charge < -0.3 is 15.4 Å². The molecule has 0 spiro atoms. The molecule has 0 aliphatic carbocycles. The lowest BCUT2D eigenvalue weighted by Crippen LogP contribution is -2.32. The maximum atomic E-state index is 13.4. The second kappa shape index (κ2) is 7.09. The second-order valence-corrected chi connectivity index (χ2v) is 5.17. The molecular formula is C17H18F2N2O2. The number of halogens is 2. The van der Waals surface area contributed by atoms with Crippen molar-refractivity contribution in [3.05, 3.63) is 58.7 Å². The number of para-hydroxylation sites is 1. The summed E-state index contributed by atoms with van der Waals surface area (Å²) in [5, 5.41) is 4.53. The Morgan fingerprint density at radius 3 is 2.30 bits per heavy atom. The fraction of sp³-hybridized carbons (Fsp3) is 0.235. The first-order valence-electron chi connectivity index (χ1n) is 7.08. The molecule has 4 nitrogen and oxygen atoms in total. The highest BCUT2D eigenvalue weighted by atomic mass is 19.1. The largest absolute Gasteiger partial charge is 0.473 e. The van der Waals surface area contributed by atoms with Crippen LogP contribution in [0.4, 0.5) is 19.3 Å². The number of aryl methyl sites for hydroxylation is 2. The van der Waals surface area contributed by atoms with E-state index in [0.717, 1.165) is 28.8 Å². The normalized spacial score (nSPS) is 10.3. The maximum Gasteiger partial charge on any atom is 0.322 e. The average molecular weight is 320 g/mol. The molecule has 0 aromatic heterocycles. The first-order valence-corrected chi connectivity index (χ1v) is 7.08. The van der Waals surface area contributed by atoms with E-state index in [0.29, 0.717) is 5.75 Å². The molecule has 0 bridgehead atoms. The molecular weight excluding hydrogens is 302 g/mol. The molecule has 6 heteroatoms. The Morgan fingerprint density at radius 1 is 1.04 bits per heavy atom. The molecule has 2 aromatic rings. The van der Waals surface area contributed by atoms with Gasteiger partial charge in [0.05, 0.1) is 0 Å². The summed E-state index contributed by atoms with van der Waals surface area (Å²) in [6.07, 6.45) is 0. The Hall–Kier alpha value is -2.63. The number of ether oxygens (including phenoxy) is 1. The third-order valence-corrected chi connectivity index (χ3v) is 3.52. The number of carbonyl (C=O) groups is 1. The summed E-state index contributed by atoms with van der Waals surface area (Å²) in [5.74, 6) is -1.000. The van der Waals surface area contributed by atoms with Gasteiger partial charge in [-0.3, -0.25) is 0 Å². The zero-order valence-corrected chi connectivity index (χ0v) is 13.2. The lowest BCUT2D eigenvalue weighted by Gasteiger charge is -2.15. The van der Waals surface area contributed by atoms with Crippen molar-refractivity contribution < 1.29 is 18.3 Å². The standard InChI is InChI=1S/C17H18F2N2O2/c1-10-7-8-11(2)16(12(10)3)23-9-20-17(22)21-15-13(18)5-4-6-14(15)19/h4-8H,9H2,1-3H3,(H2,20,21,22). The number of amides is 2. The highest BCUT2D eigenvalue weighted by molar-refractivity contribution is 5.89. The van der Waals surface area contributed by atoms with E-state index in [1.54, 1.807) is 0 Å². The van der Waals surface area contributed by atoms with Crippen molar-refractivity contribution in [2.45, 2.75) is 20.8 Å². The molecule has 0 radical (unpaired) electrons. The number of hydrogen-bond donors (Lipinski definition) is 2. The van der Waals surface area contributed by atoms with E-state index >= 15 is 0 Å². The molecule has 0 unspecified atom stereocenters. The van der Waals surface area contributed by atoms with E-state index < -0.39 is 23.4 Å². The van der Waals surface area contributed by atoms with Crippen LogP contribution in [0.5, 0.6) is 5.75 Å². The zero-order valence-electron chi connectivity index (χ0n) is 13.2. The molecule has 0 fully saturated rings. The van der Waals surface area contributed by atoms with Crippen molar-refractivity contribution in [1.82, 2.24) is 5.32 Å². The van der Waals surface area contributed by atoms with Crippen molar-refractivity contribution in [3.63, 3.8) is 0 Å². The van der Waals surface area contributed by atoms with Gasteiger partial charge in [0.1, 0.15) is 23.1 Å². The Morgan fingerprint density at radius 2 is 1.65 bits per heavy atom. The van der Waals surface area contributed by atoms with E-state index in [-0.39, 0.29) is 6.73 Å². The van der Waals surface area contributed by atoms with Crippen molar-refractivity contribution in [2.24, 2.45) is 0 Å². The van der Waals surface area contributed by atoms with Crippen LogP contribution < -0.4 is 15.4 Å². The van der Waals surface area contributed by atoms with E-state index in [4.69, 9.17) is 4.74 Å². The fourth-order valence-electron chi connectivity index (χ4n) is 2.10. The van der Waals surface area contributed by atoms with Crippen LogP contribution in [-0.4, -0.2) is 12.8 Å². The van der Waals surface area contributed by atoms with E-state index in [1.165, 1.54) is 6.07 Å². The smallest absolute Gasteiger partial charge is 0.322 e. The van der Waals surface area contributed by atoms with Crippen molar-refractivity contribution in [3.8, 4) is 5.75 Å². The number of urea groups is 1. The van der Waals surface area contributed by atoms with Gasteiger partial charge in [-0.05, 0) is 49.6 Å². The summed E-state index contributed by atoms with van der Waals surface area (Å²) in [5.41, 5.74) is 2.50. The van der Waals surface area contributed by atoms with Crippen LogP contribution in [0.25, 0.3) is 0 Å². The zero-order chi connectivity index (χ0) is 17.0. The molecule has 0 aliphatic heterocycles. The maximum absolute atomic E-state index is 13.4. The molecule has 122 valence electrons. The summed E-state index contributed by atoms with van der Waals surface area (Å²) in [7, 11) is 0. The molecule has 23 heavy (non-hydrogen) atoms. The van der Waals surface area contributed by atoms with Crippen molar-refractivity contribution in [2.75, 3.05) is 12.0 Å². The quantitative estimate of drug-likeness (QED) is 0.835. The monoisotopic (exact) mass is 320 g/mol. The first kappa shape index (κ1) is 16.7. The van der Waals surface area contributed by atoms with Crippen LogP contribution >= 0.6 is 0 Å². The van der Waals surface area contributed by atoms with Crippen LogP contribution in [0.3, 0.4) is 0 Å². The summed E-state index contributed by atoms with van der Waals surface area (Å²) >= 11 is 0. The molecule has 0 saturated heterocycles. The Bertz CT molecular complexity index is 713. The van der Waals surface area contributed by atoms with Gasteiger partial charge in [0, 0.05) is 0 Å². The number of anilines is 1. The Kier molecular flexibility index (Phi) is 5.16. The minimum atomic E-state index is -0.841. The first-order chi connectivity index (χ1) is 10.9.